The van der Waals surface area contributed by atoms with Crippen LogP contribution in [0.2, 0.25) is 0 Å². The van der Waals surface area contributed by atoms with Crippen molar-refractivity contribution in [1.82, 2.24) is 5.32 Å². The van der Waals surface area contributed by atoms with E-state index < -0.39 is 0 Å². The lowest BCUT2D eigenvalue weighted by Gasteiger charge is -2.14. The number of hydrogen-bond donors (Lipinski definition) is 1. The van der Waals surface area contributed by atoms with E-state index in [1.807, 2.05) is 0 Å². The Balaban J connectivity index is 3.08. The van der Waals surface area contributed by atoms with Crippen molar-refractivity contribution in [2.24, 2.45) is 0 Å². The van der Waals surface area contributed by atoms with Crippen LogP contribution in [0.1, 0.15) is 49.4 Å². The highest BCUT2D eigenvalue weighted by Crippen LogP contribution is 2.20. The molecule has 1 aromatic carbocycles. The normalized spacial score (nSPS) is 10.3. The quantitative estimate of drug-likeness (QED) is 0.721. The Morgan fingerprint density at radius 2 is 1.59 bits per heavy atom. The first-order valence-corrected chi connectivity index (χ1v) is 6.57. The Hall–Kier alpha value is -1.31. The second-order valence-corrected chi connectivity index (χ2v) is 4.35. The Kier molecular flexibility index (Phi) is 5.75. The van der Waals surface area contributed by atoms with Gasteiger partial charge in [0.25, 0.3) is 0 Å². The van der Waals surface area contributed by atoms with Gasteiger partial charge in [-0.05, 0) is 41.5 Å². The average molecular weight is 233 g/mol. The molecule has 0 saturated carbocycles. The van der Waals surface area contributed by atoms with Gasteiger partial charge < -0.3 is 5.32 Å². The summed E-state index contributed by atoms with van der Waals surface area (Å²) in [6.45, 7) is 7.22. The zero-order chi connectivity index (χ0) is 12.7. The molecule has 2 nitrogen and oxygen atoms in total. The summed E-state index contributed by atoms with van der Waals surface area (Å²) in [4.78, 5) is 10.4. The van der Waals surface area contributed by atoms with Crippen molar-refractivity contribution in [2.75, 3.05) is 0 Å². The van der Waals surface area contributed by atoms with Crippen LogP contribution in [0.15, 0.2) is 12.1 Å². The fourth-order valence-corrected chi connectivity index (χ4v) is 2.27. The molecule has 0 aliphatic heterocycles. The Morgan fingerprint density at radius 3 is 2.12 bits per heavy atom. The minimum atomic E-state index is 0.646. The van der Waals surface area contributed by atoms with E-state index in [9.17, 15) is 4.79 Å². The monoisotopic (exact) mass is 233 g/mol. The van der Waals surface area contributed by atoms with Crippen LogP contribution >= 0.6 is 0 Å². The molecule has 1 N–H and O–H groups in total. The fourth-order valence-electron chi connectivity index (χ4n) is 2.27. The van der Waals surface area contributed by atoms with E-state index in [1.54, 1.807) is 0 Å². The summed E-state index contributed by atoms with van der Waals surface area (Å²) in [6.07, 6.45) is 5.17. The lowest BCUT2D eigenvalue weighted by Crippen LogP contribution is -2.12. The highest BCUT2D eigenvalue weighted by Gasteiger charge is 2.07. The maximum absolute atomic E-state index is 10.4. The number of carbonyl (C=O) groups excluding carboxylic acids is 1. The van der Waals surface area contributed by atoms with Crippen LogP contribution < -0.4 is 5.32 Å². The summed E-state index contributed by atoms with van der Waals surface area (Å²) in [5.74, 6) is 0. The minimum Gasteiger partial charge on any atom is -0.355 e. The maximum atomic E-state index is 10.4. The molecule has 0 atom stereocenters. The third-order valence-electron chi connectivity index (χ3n) is 3.18. The third-order valence-corrected chi connectivity index (χ3v) is 3.18. The topological polar surface area (TPSA) is 29.1 Å². The molecule has 0 radical (unpaired) electrons. The smallest absolute Gasteiger partial charge is 0.207 e. The molecule has 0 saturated heterocycles. The lowest BCUT2D eigenvalue weighted by atomic mass is 9.93. The Morgan fingerprint density at radius 1 is 1.00 bits per heavy atom. The first-order valence-electron chi connectivity index (χ1n) is 6.57. The van der Waals surface area contributed by atoms with E-state index in [0.717, 1.165) is 25.7 Å². The largest absolute Gasteiger partial charge is 0.355 e. The summed E-state index contributed by atoms with van der Waals surface area (Å²) in [5.41, 5.74) is 5.52. The highest BCUT2D eigenvalue weighted by atomic mass is 16.1. The Labute approximate surface area is 104 Å². The van der Waals surface area contributed by atoms with E-state index in [-0.39, 0.29) is 0 Å². The van der Waals surface area contributed by atoms with Crippen LogP contribution in [-0.4, -0.2) is 6.41 Å². The highest BCUT2D eigenvalue weighted by molar-refractivity contribution is 5.47. The van der Waals surface area contributed by atoms with Crippen molar-refractivity contribution in [3.63, 3.8) is 0 Å². The zero-order valence-corrected chi connectivity index (χ0v) is 11.2. The Bertz CT molecular complexity index is 371. The molecule has 94 valence electrons. The van der Waals surface area contributed by atoms with Gasteiger partial charge in [-0.15, -0.1) is 0 Å². The average Bonchev–Trinajstić information content (AvgIpc) is 2.36. The van der Waals surface area contributed by atoms with E-state index in [1.165, 1.54) is 28.7 Å². The number of benzene rings is 1. The van der Waals surface area contributed by atoms with Crippen molar-refractivity contribution >= 4 is 6.41 Å². The molecule has 0 aromatic heterocycles. The van der Waals surface area contributed by atoms with Crippen LogP contribution in [0.4, 0.5) is 0 Å². The van der Waals surface area contributed by atoms with Crippen LogP contribution in [-0.2, 0) is 30.6 Å². The zero-order valence-electron chi connectivity index (χ0n) is 11.2. The van der Waals surface area contributed by atoms with Gasteiger partial charge in [0.1, 0.15) is 0 Å². The second-order valence-electron chi connectivity index (χ2n) is 4.35. The molecule has 0 spiro atoms. The molecule has 0 heterocycles. The molecule has 2 heteroatoms. The first-order chi connectivity index (χ1) is 8.26. The van der Waals surface area contributed by atoms with Crippen LogP contribution in [0.25, 0.3) is 0 Å². The van der Waals surface area contributed by atoms with Crippen LogP contribution in [0.5, 0.6) is 0 Å². The van der Waals surface area contributed by atoms with E-state index >= 15 is 0 Å². The van der Waals surface area contributed by atoms with Crippen molar-refractivity contribution in [3.05, 3.63) is 34.4 Å². The maximum Gasteiger partial charge on any atom is 0.207 e. The molecular formula is C15H23NO. The lowest BCUT2D eigenvalue weighted by molar-refractivity contribution is -0.109. The van der Waals surface area contributed by atoms with Crippen LogP contribution in [0.3, 0.4) is 0 Å². The molecule has 1 rings (SSSR count). The summed E-state index contributed by atoms with van der Waals surface area (Å²) < 4.78 is 0. The summed E-state index contributed by atoms with van der Waals surface area (Å²) >= 11 is 0. The van der Waals surface area contributed by atoms with Crippen molar-refractivity contribution < 1.29 is 4.79 Å². The predicted molar refractivity (Wildman–Crippen MR) is 72.1 cm³/mol. The summed E-state index contributed by atoms with van der Waals surface area (Å²) in [7, 11) is 0. The molecule has 1 aromatic rings. The van der Waals surface area contributed by atoms with E-state index in [4.69, 9.17) is 0 Å². The number of carbonyl (C=O) groups is 1. The number of hydrogen-bond acceptors (Lipinski definition) is 1. The molecule has 17 heavy (non-hydrogen) atoms. The van der Waals surface area contributed by atoms with Crippen molar-refractivity contribution in [3.8, 4) is 0 Å². The number of rotatable bonds is 7. The molecule has 0 bridgehead atoms. The van der Waals surface area contributed by atoms with Gasteiger partial charge in [-0.3, -0.25) is 4.79 Å². The standard InChI is InChI=1S/C15H23NO/c1-4-7-14-9-15(10-16-11-17)13(6-3)8-12(14)5-2/h8-9,11H,4-7,10H2,1-3H3,(H,16,17). The minimum absolute atomic E-state index is 0.646. The third kappa shape index (κ3) is 3.58. The second kappa shape index (κ2) is 7.10. The van der Waals surface area contributed by atoms with E-state index in [2.05, 4.69) is 38.2 Å². The SMILES string of the molecule is CCCc1cc(CNC=O)c(CC)cc1CC. The van der Waals surface area contributed by atoms with E-state index in [0.29, 0.717) is 6.54 Å². The predicted octanol–water partition coefficient (Wildman–Crippen LogP) is 3.01. The van der Waals surface area contributed by atoms with Gasteiger partial charge >= 0.3 is 0 Å². The van der Waals surface area contributed by atoms with Gasteiger partial charge in [-0.2, -0.15) is 0 Å². The van der Waals surface area contributed by atoms with Gasteiger partial charge in [0.15, 0.2) is 0 Å². The number of aryl methyl sites for hydroxylation is 3. The van der Waals surface area contributed by atoms with Gasteiger partial charge in [0.2, 0.25) is 6.41 Å². The molecule has 0 unspecified atom stereocenters. The van der Waals surface area contributed by atoms with Crippen molar-refractivity contribution in [1.29, 1.82) is 0 Å². The molecule has 0 aliphatic rings. The fraction of sp³-hybridized carbons (Fsp3) is 0.533. The molecule has 0 fully saturated rings. The summed E-state index contributed by atoms with van der Waals surface area (Å²) in [6, 6.07) is 4.59. The van der Waals surface area contributed by atoms with Gasteiger partial charge in [0.05, 0.1) is 0 Å². The summed E-state index contributed by atoms with van der Waals surface area (Å²) in [5, 5.41) is 2.77. The first kappa shape index (κ1) is 13.8. The van der Waals surface area contributed by atoms with Gasteiger partial charge in [0, 0.05) is 6.54 Å². The molecule has 1 amide bonds. The number of amides is 1. The molecular weight excluding hydrogens is 210 g/mol. The van der Waals surface area contributed by atoms with Gasteiger partial charge in [-0.25, -0.2) is 0 Å². The van der Waals surface area contributed by atoms with Crippen molar-refractivity contribution in [2.45, 2.75) is 53.0 Å². The molecule has 0 aliphatic carbocycles. The van der Waals surface area contributed by atoms with Crippen LogP contribution in [0, 0.1) is 0 Å². The number of nitrogens with one attached hydrogen (secondary N) is 1. The van der Waals surface area contributed by atoms with Gasteiger partial charge in [-0.1, -0.05) is 39.3 Å².